The Morgan fingerprint density at radius 2 is 1.93 bits per heavy atom. The summed E-state index contributed by atoms with van der Waals surface area (Å²) in [6.45, 7) is 8.39. The lowest BCUT2D eigenvalue weighted by molar-refractivity contribution is -0.153. The van der Waals surface area contributed by atoms with Crippen LogP contribution >= 0.6 is 0 Å². The molecule has 8 nitrogen and oxygen atoms in total. The van der Waals surface area contributed by atoms with Crippen molar-refractivity contribution >= 4 is 11.7 Å². The number of morpholine rings is 1. The Morgan fingerprint density at radius 3 is 2.59 bits per heavy atom. The minimum absolute atomic E-state index is 0.0101. The molecule has 0 atom stereocenters. The molecule has 3 heterocycles. The van der Waals surface area contributed by atoms with Gasteiger partial charge in [-0.2, -0.15) is 9.78 Å². The van der Waals surface area contributed by atoms with Crippen LogP contribution in [0.25, 0.3) is 5.95 Å². The second-order valence-corrected chi connectivity index (χ2v) is 7.68. The first-order chi connectivity index (χ1) is 12.9. The monoisotopic (exact) mass is 370 g/mol. The molecule has 1 aliphatic heterocycles. The van der Waals surface area contributed by atoms with E-state index in [1.807, 2.05) is 32.9 Å². The predicted molar refractivity (Wildman–Crippen MR) is 101 cm³/mol. The number of carbonyl (C=O) groups excluding carboxylic acids is 1. The van der Waals surface area contributed by atoms with Crippen LogP contribution in [0.4, 0.5) is 5.82 Å². The van der Waals surface area contributed by atoms with E-state index in [0.29, 0.717) is 24.9 Å². The number of carbonyl (C=O) groups is 1. The molecular formula is C19H26N6O2. The summed E-state index contributed by atoms with van der Waals surface area (Å²) in [5.74, 6) is 1.00. The number of nitrogens with zero attached hydrogens (tertiary/aromatic N) is 5. The summed E-state index contributed by atoms with van der Waals surface area (Å²) in [7, 11) is 0. The van der Waals surface area contributed by atoms with Crippen LogP contribution in [0.15, 0.2) is 12.1 Å². The Hall–Kier alpha value is -2.32. The average molecular weight is 370 g/mol. The highest BCUT2D eigenvalue weighted by Gasteiger charge is 2.42. The van der Waals surface area contributed by atoms with Gasteiger partial charge in [-0.25, -0.2) is 9.97 Å². The molecule has 1 N–H and O–H groups in total. The minimum Gasteiger partial charge on any atom is -0.372 e. The molecule has 144 valence electrons. The van der Waals surface area contributed by atoms with Gasteiger partial charge in [0, 0.05) is 30.5 Å². The lowest BCUT2D eigenvalue weighted by Crippen LogP contribution is -2.56. The lowest BCUT2D eigenvalue weighted by Gasteiger charge is -2.48. The van der Waals surface area contributed by atoms with Gasteiger partial charge in [-0.1, -0.05) is 0 Å². The van der Waals surface area contributed by atoms with Crippen LogP contribution in [-0.2, 0) is 9.53 Å². The molecule has 0 aromatic carbocycles. The molecule has 1 spiro atoms. The van der Waals surface area contributed by atoms with Crippen LogP contribution in [0.3, 0.4) is 0 Å². The van der Waals surface area contributed by atoms with Crippen LogP contribution in [0.5, 0.6) is 0 Å². The van der Waals surface area contributed by atoms with Crippen molar-refractivity contribution in [3.05, 3.63) is 29.2 Å². The van der Waals surface area contributed by atoms with E-state index in [2.05, 4.69) is 25.3 Å². The Bertz CT molecular complexity index is 838. The van der Waals surface area contributed by atoms with Gasteiger partial charge in [-0.05, 0) is 46.1 Å². The summed E-state index contributed by atoms with van der Waals surface area (Å²) in [5.41, 5.74) is 2.51. The number of hydrogen-bond acceptors (Lipinski definition) is 6. The Balaban J connectivity index is 1.47. The Morgan fingerprint density at radius 1 is 1.19 bits per heavy atom. The lowest BCUT2D eigenvalue weighted by atomic mass is 9.79. The molecule has 2 aliphatic rings. The molecule has 0 bridgehead atoms. The van der Waals surface area contributed by atoms with Crippen LogP contribution in [0.2, 0.25) is 0 Å². The molecule has 2 aromatic rings. The third-order valence-electron chi connectivity index (χ3n) is 5.22. The normalized spacial score (nSPS) is 19.1. The van der Waals surface area contributed by atoms with Crippen LogP contribution in [0, 0.1) is 20.8 Å². The molecule has 1 aliphatic carbocycles. The topological polar surface area (TPSA) is 85.2 Å². The van der Waals surface area contributed by atoms with Crippen molar-refractivity contribution in [2.75, 3.05) is 31.6 Å². The zero-order valence-electron chi connectivity index (χ0n) is 16.2. The van der Waals surface area contributed by atoms with Gasteiger partial charge in [0.1, 0.15) is 5.82 Å². The summed E-state index contributed by atoms with van der Waals surface area (Å²) in [5, 5.41) is 7.43. The standard InChI is InChI=1S/C19H26N6O2/c1-13-9-14(2)21-18(20-13)25-16(10-15(3)23-25)22-17(26)11-24-7-8-27-19(12-24)5-4-6-19/h9-10H,4-8,11-12H2,1-3H3,(H,22,26). The van der Waals surface area contributed by atoms with Gasteiger partial charge in [0.15, 0.2) is 0 Å². The van der Waals surface area contributed by atoms with E-state index in [-0.39, 0.29) is 11.5 Å². The van der Waals surface area contributed by atoms with Crippen molar-refractivity contribution in [1.82, 2.24) is 24.6 Å². The summed E-state index contributed by atoms with van der Waals surface area (Å²) in [6, 6.07) is 3.75. The fourth-order valence-electron chi connectivity index (χ4n) is 3.86. The molecule has 0 radical (unpaired) electrons. The largest absolute Gasteiger partial charge is 0.372 e. The highest BCUT2D eigenvalue weighted by Crippen LogP contribution is 2.38. The second kappa shape index (κ2) is 7.01. The van der Waals surface area contributed by atoms with Crippen molar-refractivity contribution in [2.24, 2.45) is 0 Å². The molecule has 1 saturated carbocycles. The molecule has 2 fully saturated rings. The van der Waals surface area contributed by atoms with Crippen LogP contribution in [0.1, 0.15) is 36.3 Å². The van der Waals surface area contributed by atoms with Crippen molar-refractivity contribution in [2.45, 2.75) is 45.6 Å². The van der Waals surface area contributed by atoms with Crippen molar-refractivity contribution in [3.63, 3.8) is 0 Å². The van der Waals surface area contributed by atoms with E-state index in [4.69, 9.17) is 4.74 Å². The van der Waals surface area contributed by atoms with Gasteiger partial charge in [0.25, 0.3) is 5.95 Å². The Kier molecular flexibility index (Phi) is 4.69. The predicted octanol–water partition coefficient (Wildman–Crippen LogP) is 1.78. The Labute approximate surface area is 158 Å². The molecule has 2 aromatic heterocycles. The van der Waals surface area contributed by atoms with Crippen molar-refractivity contribution in [1.29, 1.82) is 0 Å². The molecule has 1 saturated heterocycles. The maximum absolute atomic E-state index is 12.6. The number of amides is 1. The second-order valence-electron chi connectivity index (χ2n) is 7.68. The zero-order valence-corrected chi connectivity index (χ0v) is 16.2. The van der Waals surface area contributed by atoms with E-state index in [1.54, 1.807) is 4.68 Å². The van der Waals surface area contributed by atoms with Gasteiger partial charge in [0.05, 0.1) is 24.4 Å². The SMILES string of the molecule is Cc1cc(C)nc(-n2nc(C)cc2NC(=O)CN2CCOC3(CCC3)C2)n1. The van der Waals surface area contributed by atoms with Gasteiger partial charge in [-0.3, -0.25) is 9.69 Å². The molecular weight excluding hydrogens is 344 g/mol. The van der Waals surface area contributed by atoms with Gasteiger partial charge < -0.3 is 10.1 Å². The zero-order chi connectivity index (χ0) is 19.0. The smallest absolute Gasteiger partial charge is 0.252 e. The number of nitrogens with one attached hydrogen (secondary N) is 1. The number of rotatable bonds is 4. The summed E-state index contributed by atoms with van der Waals surface area (Å²) < 4.78 is 7.53. The van der Waals surface area contributed by atoms with Crippen molar-refractivity contribution < 1.29 is 9.53 Å². The third kappa shape index (κ3) is 3.86. The van der Waals surface area contributed by atoms with Gasteiger partial charge in [-0.15, -0.1) is 0 Å². The minimum atomic E-state index is -0.0584. The maximum atomic E-state index is 12.6. The van der Waals surface area contributed by atoms with E-state index in [0.717, 1.165) is 43.0 Å². The fourth-order valence-corrected chi connectivity index (χ4v) is 3.86. The number of hydrogen-bond donors (Lipinski definition) is 1. The highest BCUT2D eigenvalue weighted by molar-refractivity contribution is 5.91. The first kappa shape index (κ1) is 18.1. The number of aryl methyl sites for hydroxylation is 3. The highest BCUT2D eigenvalue weighted by atomic mass is 16.5. The number of ether oxygens (including phenoxy) is 1. The summed E-state index contributed by atoms with van der Waals surface area (Å²) in [6.07, 6.45) is 3.41. The number of anilines is 1. The number of aromatic nitrogens is 4. The molecule has 4 rings (SSSR count). The van der Waals surface area contributed by atoms with Gasteiger partial charge >= 0.3 is 0 Å². The maximum Gasteiger partial charge on any atom is 0.252 e. The van der Waals surface area contributed by atoms with E-state index < -0.39 is 0 Å². The summed E-state index contributed by atoms with van der Waals surface area (Å²) >= 11 is 0. The molecule has 0 unspecified atom stereocenters. The van der Waals surface area contributed by atoms with Crippen LogP contribution in [-0.4, -0.2) is 62.4 Å². The molecule has 1 amide bonds. The fraction of sp³-hybridized carbons (Fsp3) is 0.579. The average Bonchev–Trinajstić information content (AvgIpc) is 2.93. The van der Waals surface area contributed by atoms with Crippen molar-refractivity contribution in [3.8, 4) is 5.95 Å². The van der Waals surface area contributed by atoms with E-state index in [1.165, 1.54) is 6.42 Å². The van der Waals surface area contributed by atoms with Gasteiger partial charge in [0.2, 0.25) is 5.91 Å². The molecule has 27 heavy (non-hydrogen) atoms. The van der Waals surface area contributed by atoms with E-state index >= 15 is 0 Å². The first-order valence-corrected chi connectivity index (χ1v) is 9.48. The van der Waals surface area contributed by atoms with E-state index in [9.17, 15) is 4.79 Å². The third-order valence-corrected chi connectivity index (χ3v) is 5.22. The first-order valence-electron chi connectivity index (χ1n) is 9.48. The quantitative estimate of drug-likeness (QED) is 0.883. The van der Waals surface area contributed by atoms with Crippen LogP contribution < -0.4 is 5.32 Å². The summed E-state index contributed by atoms with van der Waals surface area (Å²) in [4.78, 5) is 23.7. The molecule has 8 heteroatoms.